The zero-order valence-corrected chi connectivity index (χ0v) is 13.9. The molecule has 1 aliphatic carbocycles. The fraction of sp³-hybridized carbons (Fsp3) is 0.500. The second-order valence-corrected chi connectivity index (χ2v) is 5.96. The molecule has 0 atom stereocenters. The Bertz CT molecular complexity index is 560. The van der Waals surface area contributed by atoms with E-state index in [1.165, 1.54) is 13.5 Å². The smallest absolute Gasteiger partial charge is 0.319 e. The van der Waals surface area contributed by atoms with Crippen LogP contribution in [-0.2, 0) is 4.79 Å². The van der Waals surface area contributed by atoms with Crippen molar-refractivity contribution in [1.29, 1.82) is 0 Å². The van der Waals surface area contributed by atoms with E-state index < -0.39 is 6.03 Å². The van der Waals surface area contributed by atoms with E-state index in [1.807, 2.05) is 0 Å². The molecule has 0 saturated heterocycles. The number of rotatable bonds is 5. The number of benzene rings is 1. The summed E-state index contributed by atoms with van der Waals surface area (Å²) < 4.78 is 5.04. The summed E-state index contributed by atoms with van der Waals surface area (Å²) in [6.45, 7) is -0.0594. The molecule has 0 aromatic heterocycles. The second kappa shape index (κ2) is 8.62. The van der Waals surface area contributed by atoms with Gasteiger partial charge in [-0.2, -0.15) is 0 Å². The van der Waals surface area contributed by atoms with Crippen molar-refractivity contribution in [3.63, 3.8) is 0 Å². The van der Waals surface area contributed by atoms with E-state index in [0.29, 0.717) is 16.5 Å². The van der Waals surface area contributed by atoms with Gasteiger partial charge in [0.2, 0.25) is 5.91 Å². The Balaban J connectivity index is 1.75. The summed E-state index contributed by atoms with van der Waals surface area (Å²) in [5, 5.41) is 8.43. The maximum atomic E-state index is 11.8. The van der Waals surface area contributed by atoms with Crippen molar-refractivity contribution in [1.82, 2.24) is 10.6 Å². The van der Waals surface area contributed by atoms with Crippen LogP contribution >= 0.6 is 11.6 Å². The fourth-order valence-electron chi connectivity index (χ4n) is 2.58. The number of nitrogens with one attached hydrogen (secondary N) is 3. The zero-order chi connectivity index (χ0) is 16.7. The maximum absolute atomic E-state index is 11.8. The van der Waals surface area contributed by atoms with Gasteiger partial charge in [-0.05, 0) is 25.0 Å². The molecule has 7 heteroatoms. The van der Waals surface area contributed by atoms with E-state index in [0.717, 1.165) is 25.7 Å². The van der Waals surface area contributed by atoms with Crippen molar-refractivity contribution < 1.29 is 14.3 Å². The minimum absolute atomic E-state index is 0.0594. The van der Waals surface area contributed by atoms with Crippen LogP contribution < -0.4 is 20.7 Å². The fourth-order valence-corrected chi connectivity index (χ4v) is 2.79. The van der Waals surface area contributed by atoms with E-state index in [4.69, 9.17) is 16.3 Å². The van der Waals surface area contributed by atoms with Crippen LogP contribution in [0.25, 0.3) is 0 Å². The van der Waals surface area contributed by atoms with Gasteiger partial charge in [-0.15, -0.1) is 0 Å². The van der Waals surface area contributed by atoms with Gasteiger partial charge in [0, 0.05) is 12.1 Å². The molecule has 0 spiro atoms. The number of amides is 3. The highest BCUT2D eigenvalue weighted by molar-refractivity contribution is 6.33. The molecule has 0 bridgehead atoms. The summed E-state index contributed by atoms with van der Waals surface area (Å²) in [4.78, 5) is 23.6. The molecule has 1 fully saturated rings. The quantitative estimate of drug-likeness (QED) is 0.771. The standard InChI is InChI=1S/C16H22ClN3O3/c1-23-12-7-8-14(13(17)9-12)20-16(22)18-10-15(21)19-11-5-3-2-4-6-11/h7-9,11H,2-6,10H2,1H3,(H,19,21)(H2,18,20,22). The number of ether oxygens (including phenoxy) is 1. The first-order chi connectivity index (χ1) is 11.1. The zero-order valence-electron chi connectivity index (χ0n) is 13.2. The second-order valence-electron chi connectivity index (χ2n) is 5.56. The van der Waals surface area contributed by atoms with E-state index >= 15 is 0 Å². The van der Waals surface area contributed by atoms with Crippen LogP contribution in [0.15, 0.2) is 18.2 Å². The minimum atomic E-state index is -0.476. The first-order valence-corrected chi connectivity index (χ1v) is 8.14. The summed E-state index contributed by atoms with van der Waals surface area (Å²) in [6.07, 6.45) is 5.55. The Kier molecular flexibility index (Phi) is 6.52. The summed E-state index contributed by atoms with van der Waals surface area (Å²) in [7, 11) is 1.54. The van der Waals surface area contributed by atoms with Crippen molar-refractivity contribution >= 4 is 29.2 Å². The lowest BCUT2D eigenvalue weighted by atomic mass is 9.95. The third-order valence-corrected chi connectivity index (χ3v) is 4.12. The van der Waals surface area contributed by atoms with Gasteiger partial charge in [-0.3, -0.25) is 4.79 Å². The Hall–Kier alpha value is -1.95. The lowest BCUT2D eigenvalue weighted by molar-refractivity contribution is -0.120. The first kappa shape index (κ1) is 17.4. The Morgan fingerprint density at radius 1 is 1.26 bits per heavy atom. The van der Waals surface area contributed by atoms with Gasteiger partial charge in [-0.1, -0.05) is 30.9 Å². The van der Waals surface area contributed by atoms with Gasteiger partial charge in [0.1, 0.15) is 5.75 Å². The molecular weight excluding hydrogens is 318 g/mol. The van der Waals surface area contributed by atoms with Gasteiger partial charge >= 0.3 is 6.03 Å². The molecule has 2 rings (SSSR count). The number of halogens is 1. The summed E-state index contributed by atoms with van der Waals surface area (Å²) in [5.41, 5.74) is 0.456. The van der Waals surface area contributed by atoms with E-state index in [1.54, 1.807) is 18.2 Å². The van der Waals surface area contributed by atoms with Crippen molar-refractivity contribution in [2.24, 2.45) is 0 Å². The molecule has 3 amide bonds. The van der Waals surface area contributed by atoms with Gasteiger partial charge in [0.15, 0.2) is 0 Å². The number of methoxy groups -OCH3 is 1. The summed E-state index contributed by atoms with van der Waals surface area (Å²) >= 11 is 6.04. The van der Waals surface area contributed by atoms with Crippen molar-refractivity contribution in [2.45, 2.75) is 38.1 Å². The van der Waals surface area contributed by atoms with E-state index in [-0.39, 0.29) is 18.5 Å². The molecule has 3 N–H and O–H groups in total. The average molecular weight is 340 g/mol. The van der Waals surface area contributed by atoms with Crippen LogP contribution in [-0.4, -0.2) is 31.6 Å². The van der Waals surface area contributed by atoms with Crippen LogP contribution in [0, 0.1) is 0 Å². The normalized spacial score (nSPS) is 14.9. The van der Waals surface area contributed by atoms with Gasteiger partial charge in [-0.25, -0.2) is 4.79 Å². The largest absolute Gasteiger partial charge is 0.497 e. The molecule has 1 aliphatic rings. The van der Waals surface area contributed by atoms with Crippen LogP contribution in [0.2, 0.25) is 5.02 Å². The molecule has 1 aromatic rings. The van der Waals surface area contributed by atoms with E-state index in [9.17, 15) is 9.59 Å². The number of urea groups is 1. The van der Waals surface area contributed by atoms with Gasteiger partial charge in [0.05, 0.1) is 24.4 Å². The predicted molar refractivity (Wildman–Crippen MR) is 90.0 cm³/mol. The molecule has 23 heavy (non-hydrogen) atoms. The highest BCUT2D eigenvalue weighted by atomic mass is 35.5. The van der Waals surface area contributed by atoms with Gasteiger partial charge in [0.25, 0.3) is 0 Å². The number of hydrogen-bond acceptors (Lipinski definition) is 3. The molecule has 0 unspecified atom stereocenters. The van der Waals surface area contributed by atoms with Gasteiger partial charge < -0.3 is 20.7 Å². The molecule has 1 aromatic carbocycles. The molecular formula is C16H22ClN3O3. The number of anilines is 1. The molecule has 126 valence electrons. The number of hydrogen-bond donors (Lipinski definition) is 3. The maximum Gasteiger partial charge on any atom is 0.319 e. The SMILES string of the molecule is COc1ccc(NC(=O)NCC(=O)NC2CCCCC2)c(Cl)c1. The molecule has 1 saturated carbocycles. The van der Waals surface area contributed by atoms with Crippen molar-refractivity contribution in [2.75, 3.05) is 19.0 Å². The lowest BCUT2D eigenvalue weighted by Crippen LogP contribution is -2.43. The Labute approximate surface area is 140 Å². The minimum Gasteiger partial charge on any atom is -0.497 e. The molecule has 0 aliphatic heterocycles. The molecule has 0 radical (unpaired) electrons. The first-order valence-electron chi connectivity index (χ1n) is 7.76. The monoisotopic (exact) mass is 339 g/mol. The third kappa shape index (κ3) is 5.63. The average Bonchev–Trinajstić information content (AvgIpc) is 2.56. The highest BCUT2D eigenvalue weighted by Crippen LogP contribution is 2.26. The topological polar surface area (TPSA) is 79.5 Å². The summed E-state index contributed by atoms with van der Waals surface area (Å²) in [5.74, 6) is 0.431. The predicted octanol–water partition coefficient (Wildman–Crippen LogP) is 2.92. The number of carbonyl (C=O) groups is 2. The third-order valence-electron chi connectivity index (χ3n) is 3.80. The van der Waals surface area contributed by atoms with E-state index in [2.05, 4.69) is 16.0 Å². The summed E-state index contributed by atoms with van der Waals surface area (Å²) in [6, 6.07) is 4.69. The Morgan fingerprint density at radius 3 is 2.65 bits per heavy atom. The molecule has 0 heterocycles. The van der Waals surface area contributed by atoms with Crippen molar-refractivity contribution in [3.8, 4) is 5.75 Å². The highest BCUT2D eigenvalue weighted by Gasteiger charge is 2.16. The number of carbonyl (C=O) groups excluding carboxylic acids is 2. The van der Waals surface area contributed by atoms with Crippen LogP contribution in [0.3, 0.4) is 0 Å². The Morgan fingerprint density at radius 2 is 2.00 bits per heavy atom. The lowest BCUT2D eigenvalue weighted by Gasteiger charge is -2.22. The van der Waals surface area contributed by atoms with Crippen LogP contribution in [0.1, 0.15) is 32.1 Å². The van der Waals surface area contributed by atoms with Crippen LogP contribution in [0.5, 0.6) is 5.75 Å². The van der Waals surface area contributed by atoms with Crippen LogP contribution in [0.4, 0.5) is 10.5 Å². The molecule has 6 nitrogen and oxygen atoms in total. The van der Waals surface area contributed by atoms with Crippen molar-refractivity contribution in [3.05, 3.63) is 23.2 Å².